The predicted molar refractivity (Wildman–Crippen MR) is 198 cm³/mol. The number of aryl methyl sites for hydroxylation is 1. The van der Waals surface area contributed by atoms with Gasteiger partial charge in [0.25, 0.3) is 0 Å². The Labute approximate surface area is 306 Å². The molecular weight excluding hydrogens is 678 g/mol. The number of carbonyl (C=O) groups is 2. The van der Waals surface area contributed by atoms with Crippen LogP contribution in [-0.2, 0) is 9.59 Å². The van der Waals surface area contributed by atoms with Crippen molar-refractivity contribution in [1.82, 2.24) is 39.3 Å². The first-order valence-corrected chi connectivity index (χ1v) is 18.4. The van der Waals surface area contributed by atoms with Gasteiger partial charge in [-0.2, -0.15) is 5.10 Å². The highest BCUT2D eigenvalue weighted by Gasteiger charge is 2.30. The minimum Gasteiger partial charge on any atom is -0.369 e. The standard InChI is InChI=1S/C39H44F2N10O2/c1-25-19-32(34(41)21-33(25)40)35-23-43-37(38-42-10-12-50(35)38)45-28-22-44-51(24-28)30-9-11-48(26(2)20-30)16-13-47-14-17-49(18-15-47)29-5-3-27(4-6-29)31-7-8-36(52)46-39(31)53/h3-6,10,12,19,21-24,26,30-31H,7-9,11,13-18,20H2,1-2H3,(H,43,45)(H,46,52,53). The van der Waals surface area contributed by atoms with Gasteiger partial charge in [-0.15, -0.1) is 0 Å². The van der Waals surface area contributed by atoms with Crippen LogP contribution < -0.4 is 15.5 Å². The van der Waals surface area contributed by atoms with Crippen LogP contribution >= 0.6 is 0 Å². The molecule has 8 rings (SSSR count). The maximum absolute atomic E-state index is 14.7. The number of anilines is 3. The fourth-order valence-corrected chi connectivity index (χ4v) is 8.00. The van der Waals surface area contributed by atoms with Gasteiger partial charge in [0.05, 0.1) is 35.7 Å². The number of benzene rings is 2. The van der Waals surface area contributed by atoms with Gasteiger partial charge in [-0.3, -0.25) is 33.8 Å². The molecule has 0 spiro atoms. The lowest BCUT2D eigenvalue weighted by molar-refractivity contribution is -0.134. The van der Waals surface area contributed by atoms with Crippen molar-refractivity contribution in [3.05, 3.63) is 90.1 Å². The van der Waals surface area contributed by atoms with Crippen LogP contribution in [0.3, 0.4) is 0 Å². The predicted octanol–water partition coefficient (Wildman–Crippen LogP) is 5.29. The molecule has 12 nitrogen and oxygen atoms in total. The van der Waals surface area contributed by atoms with E-state index in [0.717, 1.165) is 76.0 Å². The second-order valence-corrected chi connectivity index (χ2v) is 14.5. The summed E-state index contributed by atoms with van der Waals surface area (Å²) < 4.78 is 32.5. The van der Waals surface area contributed by atoms with E-state index in [1.165, 1.54) is 11.8 Å². The van der Waals surface area contributed by atoms with E-state index in [1.807, 2.05) is 23.0 Å². The Morgan fingerprint density at radius 3 is 2.53 bits per heavy atom. The minimum absolute atomic E-state index is 0.186. The fraction of sp³-hybridized carbons (Fsp3) is 0.410. The third-order valence-corrected chi connectivity index (χ3v) is 11.2. The molecule has 3 fully saturated rings. The molecule has 53 heavy (non-hydrogen) atoms. The summed E-state index contributed by atoms with van der Waals surface area (Å²) >= 11 is 0. The molecule has 3 aliphatic heterocycles. The number of rotatable bonds is 9. The first-order valence-electron chi connectivity index (χ1n) is 18.4. The highest BCUT2D eigenvalue weighted by molar-refractivity contribution is 6.01. The van der Waals surface area contributed by atoms with Crippen molar-refractivity contribution in [3.63, 3.8) is 0 Å². The molecular formula is C39H44F2N10O2. The molecule has 276 valence electrons. The van der Waals surface area contributed by atoms with Gasteiger partial charge in [-0.1, -0.05) is 12.1 Å². The second-order valence-electron chi connectivity index (χ2n) is 14.5. The number of aromatic nitrogens is 5. The molecule has 3 aliphatic rings. The van der Waals surface area contributed by atoms with Crippen molar-refractivity contribution < 1.29 is 18.4 Å². The van der Waals surface area contributed by atoms with Crippen LogP contribution in [-0.4, -0.2) is 97.6 Å². The molecule has 5 aromatic rings. The van der Waals surface area contributed by atoms with Crippen molar-refractivity contribution >= 4 is 34.7 Å². The molecule has 0 saturated carbocycles. The molecule has 0 aliphatic carbocycles. The smallest absolute Gasteiger partial charge is 0.234 e. The number of halogens is 2. The van der Waals surface area contributed by atoms with Crippen LogP contribution in [0.4, 0.5) is 26.0 Å². The number of imidazole rings is 1. The summed E-state index contributed by atoms with van der Waals surface area (Å²) in [5.74, 6) is -1.36. The maximum atomic E-state index is 14.7. The van der Waals surface area contributed by atoms with Gasteiger partial charge in [-0.05, 0) is 62.4 Å². The van der Waals surface area contributed by atoms with Gasteiger partial charge in [0.2, 0.25) is 11.8 Å². The molecule has 3 saturated heterocycles. The number of piperazine rings is 1. The number of amides is 2. The molecule has 0 bridgehead atoms. The Bertz CT molecular complexity index is 2120. The summed E-state index contributed by atoms with van der Waals surface area (Å²) in [4.78, 5) is 40.4. The van der Waals surface area contributed by atoms with Crippen LogP contribution in [0.25, 0.3) is 16.9 Å². The summed E-state index contributed by atoms with van der Waals surface area (Å²) in [5.41, 5.74) is 4.56. The molecule has 0 radical (unpaired) electrons. The van der Waals surface area contributed by atoms with E-state index >= 15 is 0 Å². The first kappa shape index (κ1) is 34.9. The molecule has 2 N–H and O–H groups in total. The third kappa shape index (κ3) is 7.25. The topological polar surface area (TPSA) is 116 Å². The summed E-state index contributed by atoms with van der Waals surface area (Å²) in [6.07, 6.45) is 11.7. The Balaban J connectivity index is 0.815. The van der Waals surface area contributed by atoms with Crippen LogP contribution in [0.15, 0.2) is 67.4 Å². The average molecular weight is 723 g/mol. The maximum Gasteiger partial charge on any atom is 0.234 e. The van der Waals surface area contributed by atoms with Gasteiger partial charge in [0.1, 0.15) is 11.6 Å². The molecule has 2 amide bonds. The number of imide groups is 1. The van der Waals surface area contributed by atoms with E-state index < -0.39 is 11.6 Å². The lowest BCUT2D eigenvalue weighted by Crippen LogP contribution is -2.50. The molecule has 3 aromatic heterocycles. The van der Waals surface area contributed by atoms with Crippen LogP contribution in [0.1, 0.15) is 55.7 Å². The number of fused-ring (bicyclic) bond motifs is 1. The average Bonchev–Trinajstić information content (AvgIpc) is 3.84. The van der Waals surface area contributed by atoms with Gasteiger partial charge in [-0.25, -0.2) is 18.7 Å². The summed E-state index contributed by atoms with van der Waals surface area (Å²) in [7, 11) is 0. The van der Waals surface area contributed by atoms with E-state index in [2.05, 4.69) is 54.4 Å². The first-order chi connectivity index (χ1) is 25.7. The number of hydrogen-bond acceptors (Lipinski definition) is 9. The highest BCUT2D eigenvalue weighted by Crippen LogP contribution is 2.31. The number of nitrogens with zero attached hydrogens (tertiary/aromatic N) is 8. The lowest BCUT2D eigenvalue weighted by atomic mass is 9.90. The number of likely N-dealkylation sites (tertiary alicyclic amines) is 1. The quantitative estimate of drug-likeness (QED) is 0.196. The number of carbonyl (C=O) groups excluding carboxylic acids is 2. The molecule has 2 aromatic carbocycles. The second kappa shape index (κ2) is 14.7. The summed E-state index contributed by atoms with van der Waals surface area (Å²) in [6.45, 7) is 10.9. The minimum atomic E-state index is -0.653. The lowest BCUT2D eigenvalue weighted by Gasteiger charge is -2.40. The SMILES string of the molecule is Cc1cc(-c2cnc(Nc3cnn(C4CCN(CCN5CCN(c6ccc(C7CCC(=O)NC7=O)cc6)CC5)C(C)C4)c3)c3nccn23)c(F)cc1F. The molecule has 14 heteroatoms. The van der Waals surface area contributed by atoms with Crippen LogP contribution in [0.5, 0.6) is 0 Å². The zero-order chi connectivity index (χ0) is 36.6. The van der Waals surface area contributed by atoms with Crippen molar-refractivity contribution in [1.29, 1.82) is 0 Å². The normalized spacial score (nSPS) is 21.7. The van der Waals surface area contributed by atoms with Crippen molar-refractivity contribution in [2.75, 3.05) is 56.0 Å². The van der Waals surface area contributed by atoms with Crippen molar-refractivity contribution in [2.45, 2.75) is 57.5 Å². The van der Waals surface area contributed by atoms with E-state index in [0.29, 0.717) is 41.6 Å². The monoisotopic (exact) mass is 722 g/mol. The highest BCUT2D eigenvalue weighted by atomic mass is 19.1. The van der Waals surface area contributed by atoms with Crippen LogP contribution in [0, 0.1) is 18.6 Å². The number of nitrogens with one attached hydrogen (secondary N) is 2. The van der Waals surface area contributed by atoms with Gasteiger partial charge >= 0.3 is 0 Å². The zero-order valence-corrected chi connectivity index (χ0v) is 30.0. The summed E-state index contributed by atoms with van der Waals surface area (Å²) in [5, 5.41) is 10.5. The zero-order valence-electron chi connectivity index (χ0n) is 30.0. The van der Waals surface area contributed by atoms with E-state index in [9.17, 15) is 18.4 Å². The van der Waals surface area contributed by atoms with Crippen LogP contribution in [0.2, 0.25) is 0 Å². The Kier molecular flexibility index (Phi) is 9.64. The van der Waals surface area contributed by atoms with E-state index in [1.54, 1.807) is 36.1 Å². The van der Waals surface area contributed by atoms with Crippen molar-refractivity contribution in [2.24, 2.45) is 0 Å². The molecule has 6 heterocycles. The van der Waals surface area contributed by atoms with Gasteiger partial charge in [0, 0.05) is 94.2 Å². The van der Waals surface area contributed by atoms with Crippen molar-refractivity contribution in [3.8, 4) is 11.3 Å². The number of piperidine rings is 2. The van der Waals surface area contributed by atoms with E-state index in [4.69, 9.17) is 5.10 Å². The molecule has 3 atom stereocenters. The molecule has 3 unspecified atom stereocenters. The Hall–Kier alpha value is -5.21. The van der Waals surface area contributed by atoms with Gasteiger partial charge < -0.3 is 10.2 Å². The third-order valence-electron chi connectivity index (χ3n) is 11.2. The van der Waals surface area contributed by atoms with E-state index in [-0.39, 0.29) is 29.3 Å². The summed E-state index contributed by atoms with van der Waals surface area (Å²) in [6, 6.07) is 11.4. The Morgan fingerprint density at radius 1 is 0.943 bits per heavy atom. The fourth-order valence-electron chi connectivity index (χ4n) is 8.00. The number of hydrogen-bond donors (Lipinski definition) is 2. The Morgan fingerprint density at radius 2 is 1.75 bits per heavy atom. The largest absolute Gasteiger partial charge is 0.369 e. The van der Waals surface area contributed by atoms with Gasteiger partial charge in [0.15, 0.2) is 11.5 Å².